The Morgan fingerprint density at radius 2 is 2.00 bits per heavy atom. The van der Waals surface area contributed by atoms with Crippen LogP contribution in [-0.4, -0.2) is 47.4 Å². The molecule has 3 fully saturated rings. The van der Waals surface area contributed by atoms with Crippen molar-refractivity contribution in [2.24, 2.45) is 11.8 Å². The second-order valence-corrected chi connectivity index (χ2v) is 7.39. The maximum absolute atomic E-state index is 10.6. The van der Waals surface area contributed by atoms with Gasteiger partial charge in [-0.3, -0.25) is 4.90 Å². The molecule has 0 radical (unpaired) electrons. The highest BCUT2D eigenvalue weighted by Gasteiger charge is 2.48. The maximum Gasteiger partial charge on any atom is 0.490 e. The number of carboxylic acid groups (broad SMARTS) is 1. The van der Waals surface area contributed by atoms with E-state index >= 15 is 0 Å². The fraction of sp³-hybridized carbons (Fsp3) is 0.722. The van der Waals surface area contributed by atoms with Crippen molar-refractivity contribution >= 4 is 5.97 Å². The van der Waals surface area contributed by atoms with Crippen molar-refractivity contribution in [2.75, 3.05) is 13.2 Å². The van der Waals surface area contributed by atoms with Crippen LogP contribution in [0.25, 0.3) is 0 Å². The van der Waals surface area contributed by atoms with Gasteiger partial charge < -0.3 is 14.3 Å². The lowest BCUT2D eigenvalue weighted by atomic mass is 10.1. The third-order valence-corrected chi connectivity index (χ3v) is 5.23. The molecule has 0 spiro atoms. The molecule has 2 bridgehead atoms. The summed E-state index contributed by atoms with van der Waals surface area (Å²) in [5.41, 5.74) is 0. The number of furan rings is 1. The fourth-order valence-electron chi connectivity index (χ4n) is 3.78. The van der Waals surface area contributed by atoms with E-state index in [1.807, 2.05) is 6.92 Å². The zero-order valence-electron chi connectivity index (χ0n) is 14.7. The standard InChI is InChI=1S/C16H23NO2.C2HF3O2/c1-11-2-6-14(19-11)9-17-8-13-5-7-15(17)16(13)18-10-12-3-4-12;3-2(4,5)1(6)7/h2,6,12-13,15-16H,3-5,7-10H2,1H3;(H,6,7). The maximum atomic E-state index is 10.6. The van der Waals surface area contributed by atoms with Crippen molar-refractivity contribution in [3.8, 4) is 0 Å². The molecule has 1 aliphatic heterocycles. The zero-order chi connectivity index (χ0) is 18.9. The van der Waals surface area contributed by atoms with Crippen LogP contribution in [0.5, 0.6) is 0 Å². The lowest BCUT2D eigenvalue weighted by Crippen LogP contribution is -2.34. The summed E-state index contributed by atoms with van der Waals surface area (Å²) in [6.07, 6.45) is 0.846. The van der Waals surface area contributed by atoms with E-state index in [0.29, 0.717) is 12.1 Å². The number of aryl methyl sites for hydroxylation is 1. The summed E-state index contributed by atoms with van der Waals surface area (Å²) in [5.74, 6) is 1.00. The molecule has 8 heteroatoms. The molecule has 1 aromatic rings. The lowest BCUT2D eigenvalue weighted by molar-refractivity contribution is -0.192. The summed E-state index contributed by atoms with van der Waals surface area (Å²) in [6, 6.07) is 4.81. The average molecular weight is 375 g/mol. The Hall–Kier alpha value is -1.54. The summed E-state index contributed by atoms with van der Waals surface area (Å²) >= 11 is 0. The van der Waals surface area contributed by atoms with Crippen LogP contribution >= 0.6 is 0 Å². The minimum atomic E-state index is -5.08. The first-order valence-corrected chi connectivity index (χ1v) is 8.95. The van der Waals surface area contributed by atoms with E-state index < -0.39 is 12.1 Å². The molecule has 2 heterocycles. The SMILES string of the molecule is Cc1ccc(CN2CC3CCC2C3OCC2CC2)o1.O=C(O)C(F)(F)F. The molecule has 1 saturated heterocycles. The summed E-state index contributed by atoms with van der Waals surface area (Å²) in [5, 5.41) is 7.12. The van der Waals surface area contributed by atoms with Gasteiger partial charge in [0.15, 0.2) is 0 Å². The quantitative estimate of drug-likeness (QED) is 0.852. The monoisotopic (exact) mass is 375 g/mol. The zero-order valence-corrected chi connectivity index (χ0v) is 14.7. The third-order valence-electron chi connectivity index (χ3n) is 5.23. The van der Waals surface area contributed by atoms with Crippen LogP contribution in [0.15, 0.2) is 16.5 Å². The number of nitrogens with zero attached hydrogens (tertiary/aromatic N) is 1. The number of hydrogen-bond donors (Lipinski definition) is 1. The highest BCUT2D eigenvalue weighted by Crippen LogP contribution is 2.41. The van der Waals surface area contributed by atoms with Crippen molar-refractivity contribution < 1.29 is 32.2 Å². The highest BCUT2D eigenvalue weighted by atomic mass is 19.4. The fourth-order valence-corrected chi connectivity index (χ4v) is 3.78. The summed E-state index contributed by atoms with van der Waals surface area (Å²) in [4.78, 5) is 11.5. The first-order valence-electron chi connectivity index (χ1n) is 8.95. The van der Waals surface area contributed by atoms with Crippen LogP contribution in [0, 0.1) is 18.8 Å². The van der Waals surface area contributed by atoms with Gasteiger partial charge in [-0.2, -0.15) is 13.2 Å². The molecule has 1 N–H and O–H groups in total. The molecular weight excluding hydrogens is 351 g/mol. The first-order chi connectivity index (χ1) is 12.2. The number of hydrogen-bond acceptors (Lipinski definition) is 4. The number of carbonyl (C=O) groups is 1. The van der Waals surface area contributed by atoms with Crippen LogP contribution in [0.1, 0.15) is 37.2 Å². The Morgan fingerprint density at radius 3 is 2.54 bits per heavy atom. The van der Waals surface area contributed by atoms with Crippen LogP contribution in [0.4, 0.5) is 13.2 Å². The number of alkyl halides is 3. The minimum Gasteiger partial charge on any atom is -0.475 e. The molecular formula is C18H24F3NO4. The molecule has 3 atom stereocenters. The van der Waals surface area contributed by atoms with Gasteiger partial charge in [-0.05, 0) is 56.6 Å². The number of ether oxygens (including phenoxy) is 1. The molecule has 146 valence electrons. The number of halogens is 3. The number of piperidine rings is 1. The van der Waals surface area contributed by atoms with E-state index in [1.54, 1.807) is 0 Å². The number of aliphatic carboxylic acids is 1. The predicted octanol–water partition coefficient (Wildman–Crippen LogP) is 3.61. The molecule has 1 aromatic heterocycles. The van der Waals surface area contributed by atoms with Crippen LogP contribution in [0.2, 0.25) is 0 Å². The van der Waals surface area contributed by atoms with Crippen LogP contribution in [-0.2, 0) is 16.1 Å². The predicted molar refractivity (Wildman–Crippen MR) is 86.5 cm³/mol. The summed E-state index contributed by atoms with van der Waals surface area (Å²) in [7, 11) is 0. The molecule has 26 heavy (non-hydrogen) atoms. The van der Waals surface area contributed by atoms with Gasteiger partial charge in [0.1, 0.15) is 11.5 Å². The highest BCUT2D eigenvalue weighted by molar-refractivity contribution is 5.73. The number of likely N-dealkylation sites (tertiary alicyclic amines) is 1. The van der Waals surface area contributed by atoms with Gasteiger partial charge in [-0.1, -0.05) is 0 Å². The van der Waals surface area contributed by atoms with Gasteiger partial charge in [0.2, 0.25) is 0 Å². The first kappa shape index (κ1) is 19.2. The van der Waals surface area contributed by atoms with Gasteiger partial charge in [0.25, 0.3) is 0 Å². The molecule has 4 rings (SSSR count). The second-order valence-electron chi connectivity index (χ2n) is 7.39. The number of fused-ring (bicyclic) bond motifs is 2. The number of rotatable bonds is 5. The van der Waals surface area contributed by atoms with Crippen LogP contribution in [0.3, 0.4) is 0 Å². The Kier molecular flexibility index (Phi) is 5.62. The molecule has 0 aromatic carbocycles. The van der Waals surface area contributed by atoms with Gasteiger partial charge >= 0.3 is 12.1 Å². The number of carboxylic acids is 1. The second kappa shape index (κ2) is 7.60. The van der Waals surface area contributed by atoms with Crippen molar-refractivity contribution in [3.05, 3.63) is 23.7 Å². The van der Waals surface area contributed by atoms with E-state index in [4.69, 9.17) is 19.1 Å². The molecule has 3 unspecified atom stereocenters. The molecule has 2 saturated carbocycles. The van der Waals surface area contributed by atoms with Crippen molar-refractivity contribution in [3.63, 3.8) is 0 Å². The van der Waals surface area contributed by atoms with Crippen molar-refractivity contribution in [1.29, 1.82) is 0 Å². The van der Waals surface area contributed by atoms with Crippen molar-refractivity contribution in [1.82, 2.24) is 4.90 Å². The molecule has 3 aliphatic rings. The van der Waals surface area contributed by atoms with E-state index in [0.717, 1.165) is 36.5 Å². The summed E-state index contributed by atoms with van der Waals surface area (Å²) < 4.78 is 43.7. The topological polar surface area (TPSA) is 62.9 Å². The largest absolute Gasteiger partial charge is 0.490 e. The third kappa shape index (κ3) is 4.79. The normalized spacial score (nSPS) is 28.1. The van der Waals surface area contributed by atoms with E-state index in [1.165, 1.54) is 32.2 Å². The van der Waals surface area contributed by atoms with E-state index in [9.17, 15) is 13.2 Å². The van der Waals surface area contributed by atoms with Crippen molar-refractivity contribution in [2.45, 2.75) is 57.5 Å². The Bertz CT molecular complexity index is 626. The minimum absolute atomic E-state index is 0.497. The molecule has 5 nitrogen and oxygen atoms in total. The Morgan fingerprint density at radius 1 is 1.31 bits per heavy atom. The van der Waals surface area contributed by atoms with E-state index in [-0.39, 0.29) is 0 Å². The average Bonchev–Trinajstić information content (AvgIpc) is 3.06. The smallest absolute Gasteiger partial charge is 0.475 e. The van der Waals surface area contributed by atoms with Gasteiger partial charge in [-0.15, -0.1) is 0 Å². The Labute approximate surface area is 150 Å². The van der Waals surface area contributed by atoms with E-state index in [2.05, 4.69) is 17.0 Å². The van der Waals surface area contributed by atoms with Gasteiger partial charge in [0, 0.05) is 19.2 Å². The lowest BCUT2D eigenvalue weighted by Gasteiger charge is -2.26. The van der Waals surface area contributed by atoms with Gasteiger partial charge in [-0.25, -0.2) is 4.79 Å². The molecule has 2 aliphatic carbocycles. The van der Waals surface area contributed by atoms with Gasteiger partial charge in [0.05, 0.1) is 12.6 Å². The van der Waals surface area contributed by atoms with Crippen LogP contribution < -0.4 is 0 Å². The Balaban J connectivity index is 0.000000242. The molecule has 0 amide bonds. The summed E-state index contributed by atoms with van der Waals surface area (Å²) in [6.45, 7) is 5.17.